The second-order valence-electron chi connectivity index (χ2n) is 7.50. The second kappa shape index (κ2) is 10.1. The van der Waals surface area contributed by atoms with E-state index in [1.165, 1.54) is 0 Å². The molecule has 1 fully saturated rings. The van der Waals surface area contributed by atoms with Crippen molar-refractivity contribution in [1.29, 1.82) is 0 Å². The van der Waals surface area contributed by atoms with Gasteiger partial charge in [-0.1, -0.05) is 0 Å². The van der Waals surface area contributed by atoms with Gasteiger partial charge in [0.05, 0.1) is 42.7 Å². The molecule has 1 saturated heterocycles. The Morgan fingerprint density at radius 1 is 1.00 bits per heavy atom. The molecule has 0 bridgehead atoms. The van der Waals surface area contributed by atoms with Crippen LogP contribution in [0.5, 0.6) is 0 Å². The molecule has 1 aromatic carbocycles. The summed E-state index contributed by atoms with van der Waals surface area (Å²) in [5, 5.41) is 15.7. The Morgan fingerprint density at radius 3 is 2.56 bits per heavy atom. The van der Waals surface area contributed by atoms with E-state index in [1.54, 1.807) is 17.1 Å². The number of rotatable bonds is 7. The van der Waals surface area contributed by atoms with Gasteiger partial charge in [-0.05, 0) is 42.5 Å². The van der Waals surface area contributed by atoms with Gasteiger partial charge >= 0.3 is 0 Å². The van der Waals surface area contributed by atoms with E-state index in [-0.39, 0.29) is 18.3 Å². The van der Waals surface area contributed by atoms with E-state index in [2.05, 4.69) is 35.6 Å². The van der Waals surface area contributed by atoms with Crippen molar-refractivity contribution < 1.29 is 9.13 Å². The van der Waals surface area contributed by atoms with Gasteiger partial charge in [-0.3, -0.25) is 4.98 Å². The molecule has 1 N–H and O–H groups in total. The fraction of sp³-hybridized carbons (Fsp3) is 0.217. The summed E-state index contributed by atoms with van der Waals surface area (Å²) < 4.78 is 21.2. The Morgan fingerprint density at radius 2 is 1.82 bits per heavy atom. The second-order valence-corrected chi connectivity index (χ2v) is 7.50. The maximum absolute atomic E-state index is 14.1. The number of aromatic nitrogens is 5. The van der Waals surface area contributed by atoms with E-state index in [0.717, 1.165) is 29.0 Å². The maximum atomic E-state index is 14.1. The van der Waals surface area contributed by atoms with Crippen molar-refractivity contribution in [2.24, 2.45) is 10.2 Å². The number of benzene rings is 1. The number of morpholine rings is 1. The zero-order chi connectivity index (χ0) is 23.2. The summed E-state index contributed by atoms with van der Waals surface area (Å²) in [7, 11) is 0. The van der Waals surface area contributed by atoms with E-state index in [0.29, 0.717) is 26.3 Å². The molecule has 4 heterocycles. The molecule has 3 aromatic heterocycles. The fourth-order valence-corrected chi connectivity index (χ4v) is 3.44. The molecule has 0 amide bonds. The molecule has 5 rings (SSSR count). The molecule has 172 valence electrons. The van der Waals surface area contributed by atoms with Gasteiger partial charge in [0.15, 0.2) is 11.6 Å². The molecular weight excluding hydrogens is 437 g/mol. The van der Waals surface area contributed by atoms with Gasteiger partial charge in [0.25, 0.3) is 5.95 Å². The molecule has 0 radical (unpaired) electrons. The zero-order valence-corrected chi connectivity index (χ0v) is 18.3. The third kappa shape index (κ3) is 5.21. The van der Waals surface area contributed by atoms with Crippen molar-refractivity contribution >= 4 is 23.1 Å². The number of pyridine rings is 1. The minimum Gasteiger partial charge on any atom is -0.378 e. The fourth-order valence-electron chi connectivity index (χ4n) is 3.44. The van der Waals surface area contributed by atoms with Gasteiger partial charge in [0.1, 0.15) is 6.54 Å². The summed E-state index contributed by atoms with van der Waals surface area (Å²) in [4.78, 5) is 14.3. The predicted octanol–water partition coefficient (Wildman–Crippen LogP) is 4.06. The molecule has 0 spiro atoms. The first-order valence-corrected chi connectivity index (χ1v) is 10.8. The lowest BCUT2D eigenvalue weighted by Crippen LogP contribution is -2.37. The molecule has 10 nitrogen and oxygen atoms in total. The Bertz CT molecular complexity index is 1240. The van der Waals surface area contributed by atoms with Crippen molar-refractivity contribution in [2.75, 3.05) is 36.5 Å². The number of anilines is 3. The number of azo groups is 1. The van der Waals surface area contributed by atoms with E-state index < -0.39 is 5.82 Å². The minimum absolute atomic E-state index is 0.111. The molecule has 0 aliphatic carbocycles. The highest BCUT2D eigenvalue weighted by molar-refractivity contribution is 5.60. The Kier molecular flexibility index (Phi) is 6.43. The number of hydrogen-bond acceptors (Lipinski definition) is 9. The molecule has 0 unspecified atom stereocenters. The van der Waals surface area contributed by atoms with Crippen LogP contribution in [-0.4, -0.2) is 51.0 Å². The average Bonchev–Trinajstić information content (AvgIpc) is 3.42. The number of hydrogen-bond donors (Lipinski definition) is 1. The standard InChI is InChI=1S/C23H22FN9O/c24-21-16-26-23(30-22(21)32-10-12-34-13-11-32)31-27-15-18-2-3-19(14-25-18)29-17-4-6-20(7-5-17)33-9-1-8-28-33/h1-9,14,16,29H,10-13,15H2. The van der Waals surface area contributed by atoms with Crippen molar-refractivity contribution in [3.05, 3.63) is 78.8 Å². The number of nitrogens with one attached hydrogen (secondary N) is 1. The van der Waals surface area contributed by atoms with Crippen molar-refractivity contribution in [3.63, 3.8) is 0 Å². The van der Waals surface area contributed by atoms with Gasteiger partial charge in [0, 0.05) is 31.2 Å². The molecular formula is C23H22FN9O. The van der Waals surface area contributed by atoms with E-state index >= 15 is 0 Å². The summed E-state index contributed by atoms with van der Waals surface area (Å²) >= 11 is 0. The normalized spacial score (nSPS) is 14.0. The zero-order valence-electron chi connectivity index (χ0n) is 18.3. The van der Waals surface area contributed by atoms with Crippen molar-refractivity contribution in [2.45, 2.75) is 6.54 Å². The summed E-state index contributed by atoms with van der Waals surface area (Å²) in [5.74, 6) is -0.153. The molecule has 1 aliphatic heterocycles. The van der Waals surface area contributed by atoms with Crippen LogP contribution in [-0.2, 0) is 11.3 Å². The summed E-state index contributed by atoms with van der Waals surface area (Å²) in [6.45, 7) is 2.47. The summed E-state index contributed by atoms with van der Waals surface area (Å²) in [6, 6.07) is 13.6. The van der Waals surface area contributed by atoms with E-state index in [9.17, 15) is 4.39 Å². The molecule has 11 heteroatoms. The van der Waals surface area contributed by atoms with Crippen LogP contribution >= 0.6 is 0 Å². The molecule has 0 saturated carbocycles. The SMILES string of the molecule is Fc1cnc(N=NCc2ccc(Nc3ccc(-n4cccn4)cc3)cn2)nc1N1CCOCC1. The van der Waals surface area contributed by atoms with Crippen LogP contribution < -0.4 is 10.2 Å². The molecule has 4 aromatic rings. The topological polar surface area (TPSA) is 106 Å². The average molecular weight is 459 g/mol. The predicted molar refractivity (Wildman–Crippen MR) is 124 cm³/mol. The lowest BCUT2D eigenvalue weighted by atomic mass is 10.2. The van der Waals surface area contributed by atoms with Crippen molar-refractivity contribution in [1.82, 2.24) is 24.7 Å². The number of nitrogens with zero attached hydrogens (tertiary/aromatic N) is 8. The number of ether oxygens (including phenoxy) is 1. The molecule has 0 atom stereocenters. The van der Waals surface area contributed by atoms with Gasteiger partial charge in [-0.2, -0.15) is 15.2 Å². The van der Waals surface area contributed by atoms with E-state index in [1.807, 2.05) is 53.6 Å². The number of halogens is 1. The monoisotopic (exact) mass is 459 g/mol. The van der Waals surface area contributed by atoms with Crippen LogP contribution in [0, 0.1) is 5.82 Å². The first kappa shape index (κ1) is 21.6. The quantitative estimate of drug-likeness (QED) is 0.416. The molecule has 34 heavy (non-hydrogen) atoms. The summed E-state index contributed by atoms with van der Waals surface area (Å²) in [5.41, 5.74) is 3.51. The van der Waals surface area contributed by atoms with Gasteiger partial charge in [-0.15, -0.1) is 5.11 Å². The van der Waals surface area contributed by atoms with Crippen LogP contribution in [0.25, 0.3) is 5.69 Å². The third-order valence-corrected chi connectivity index (χ3v) is 5.17. The van der Waals surface area contributed by atoms with Crippen LogP contribution in [0.1, 0.15) is 5.69 Å². The third-order valence-electron chi connectivity index (χ3n) is 5.17. The van der Waals surface area contributed by atoms with Gasteiger partial charge < -0.3 is 15.0 Å². The first-order valence-electron chi connectivity index (χ1n) is 10.8. The van der Waals surface area contributed by atoms with Crippen LogP contribution in [0.2, 0.25) is 0 Å². The Hall–Kier alpha value is -4.25. The van der Waals surface area contributed by atoms with Gasteiger partial charge in [-0.25, -0.2) is 14.1 Å². The van der Waals surface area contributed by atoms with E-state index in [4.69, 9.17) is 4.74 Å². The summed E-state index contributed by atoms with van der Waals surface area (Å²) in [6.07, 6.45) is 6.49. The highest BCUT2D eigenvalue weighted by Crippen LogP contribution is 2.21. The highest BCUT2D eigenvalue weighted by atomic mass is 19.1. The minimum atomic E-state index is -0.485. The Labute approximate surface area is 195 Å². The van der Waals surface area contributed by atoms with Crippen LogP contribution in [0.15, 0.2) is 77.5 Å². The van der Waals surface area contributed by atoms with Gasteiger partial charge in [0.2, 0.25) is 0 Å². The smallest absolute Gasteiger partial charge is 0.270 e. The lowest BCUT2D eigenvalue weighted by Gasteiger charge is -2.27. The lowest BCUT2D eigenvalue weighted by molar-refractivity contribution is 0.122. The Balaban J connectivity index is 1.18. The largest absolute Gasteiger partial charge is 0.378 e. The highest BCUT2D eigenvalue weighted by Gasteiger charge is 2.17. The molecule has 1 aliphatic rings. The van der Waals surface area contributed by atoms with Crippen LogP contribution in [0.3, 0.4) is 0 Å². The first-order chi connectivity index (χ1) is 16.7. The van der Waals surface area contributed by atoms with Crippen LogP contribution in [0.4, 0.5) is 27.5 Å². The van der Waals surface area contributed by atoms with Crippen molar-refractivity contribution in [3.8, 4) is 5.69 Å². The maximum Gasteiger partial charge on any atom is 0.270 e.